The molecule has 4 rings (SSSR count). The largest absolute Gasteiger partial charge is 0.493 e. The lowest BCUT2D eigenvalue weighted by Crippen LogP contribution is -2.26. The number of ether oxygens (including phenoxy) is 3. The van der Waals surface area contributed by atoms with Crippen LogP contribution in [0, 0.1) is 0 Å². The highest BCUT2D eigenvalue weighted by atomic mass is 32.2. The van der Waals surface area contributed by atoms with Crippen LogP contribution in [0.4, 0.5) is 0 Å². The lowest BCUT2D eigenvalue weighted by Gasteiger charge is -2.17. The number of carbonyl (C=O) groups excluding carboxylic acids is 1. The van der Waals surface area contributed by atoms with Crippen molar-refractivity contribution in [1.29, 1.82) is 0 Å². The van der Waals surface area contributed by atoms with Gasteiger partial charge in [-0.25, -0.2) is 8.42 Å². The van der Waals surface area contributed by atoms with E-state index in [4.69, 9.17) is 14.2 Å². The van der Waals surface area contributed by atoms with Crippen LogP contribution in [-0.4, -0.2) is 57.7 Å². The molecular weight excluding hydrogens is 538 g/mol. The van der Waals surface area contributed by atoms with Gasteiger partial charge in [-0.15, -0.1) is 0 Å². The molecule has 11 heteroatoms. The number of hydrogen-bond donors (Lipinski definition) is 0. The average molecular weight is 570 g/mol. The van der Waals surface area contributed by atoms with Gasteiger partial charge in [-0.05, 0) is 36.8 Å². The number of nitrogens with zero attached hydrogens (tertiary/aromatic N) is 3. The molecule has 0 aliphatic heterocycles. The van der Waals surface area contributed by atoms with Crippen LogP contribution in [0.25, 0.3) is 10.2 Å². The number of methoxy groups -OCH3 is 2. The molecule has 0 radical (unpaired) electrons. The van der Waals surface area contributed by atoms with Crippen molar-refractivity contribution in [2.45, 2.75) is 24.9 Å². The summed E-state index contributed by atoms with van der Waals surface area (Å²) < 4.78 is 46.6. The van der Waals surface area contributed by atoms with Crippen LogP contribution in [0.15, 0.2) is 76.6 Å². The zero-order valence-corrected chi connectivity index (χ0v) is 23.9. The van der Waals surface area contributed by atoms with Crippen LogP contribution >= 0.6 is 11.3 Å². The fourth-order valence-corrected chi connectivity index (χ4v) is 6.25. The summed E-state index contributed by atoms with van der Waals surface area (Å²) in [4.78, 5) is 18.1. The molecule has 0 aliphatic carbocycles. The molecule has 206 valence electrons. The minimum Gasteiger partial charge on any atom is -0.493 e. The predicted molar refractivity (Wildman–Crippen MR) is 151 cm³/mol. The van der Waals surface area contributed by atoms with E-state index in [1.54, 1.807) is 14.2 Å². The molecule has 0 fully saturated rings. The fraction of sp³-hybridized carbons (Fsp3) is 0.286. The zero-order valence-electron chi connectivity index (χ0n) is 22.3. The third-order valence-electron chi connectivity index (χ3n) is 6.11. The van der Waals surface area contributed by atoms with Crippen LogP contribution in [0.2, 0.25) is 0 Å². The number of benzene rings is 3. The van der Waals surface area contributed by atoms with Gasteiger partial charge in [-0.3, -0.25) is 4.79 Å². The molecular formula is C28H31N3O6S2. The van der Waals surface area contributed by atoms with Gasteiger partial charge in [-0.1, -0.05) is 41.7 Å². The molecule has 0 saturated heterocycles. The number of sulfonamides is 1. The summed E-state index contributed by atoms with van der Waals surface area (Å²) in [5.41, 5.74) is 2.00. The van der Waals surface area contributed by atoms with Gasteiger partial charge in [-0.2, -0.15) is 9.30 Å². The van der Waals surface area contributed by atoms with E-state index in [1.165, 1.54) is 47.0 Å². The number of thiazole rings is 1. The maximum atomic E-state index is 13.1. The second-order valence-electron chi connectivity index (χ2n) is 8.60. The number of rotatable bonds is 11. The molecule has 3 aromatic carbocycles. The van der Waals surface area contributed by atoms with Crippen molar-refractivity contribution in [1.82, 2.24) is 8.87 Å². The normalized spacial score (nSPS) is 12.3. The molecule has 39 heavy (non-hydrogen) atoms. The third-order valence-corrected chi connectivity index (χ3v) is 8.96. The van der Waals surface area contributed by atoms with Crippen molar-refractivity contribution in [2.24, 2.45) is 4.99 Å². The Kier molecular flexibility index (Phi) is 9.18. The number of amides is 1. The van der Waals surface area contributed by atoms with Gasteiger partial charge in [0.1, 0.15) is 0 Å². The highest BCUT2D eigenvalue weighted by Crippen LogP contribution is 2.33. The van der Waals surface area contributed by atoms with Gasteiger partial charge in [0, 0.05) is 44.4 Å². The summed E-state index contributed by atoms with van der Waals surface area (Å²) in [5.74, 6) is 0.669. The SMILES string of the molecule is CCOCCn1c(=NC(=O)c2ccc(S(=O)(=O)N(C)Cc3ccccc3)cc2)sc2cc(OC)c(OC)cc21. The average Bonchev–Trinajstić information content (AvgIpc) is 3.28. The van der Waals surface area contributed by atoms with E-state index in [-0.39, 0.29) is 17.0 Å². The second-order valence-corrected chi connectivity index (χ2v) is 11.7. The minimum atomic E-state index is -3.74. The Morgan fingerprint density at radius 1 is 1.00 bits per heavy atom. The standard InChI is InChI=1S/C28H31N3O6S2/c1-5-37-16-15-31-23-17-24(35-3)25(36-4)18-26(23)38-28(31)29-27(32)21-11-13-22(14-12-21)39(33,34)30(2)19-20-9-7-6-8-10-20/h6-14,17-18H,5,15-16,19H2,1-4H3. The summed E-state index contributed by atoms with van der Waals surface area (Å²) in [6.45, 7) is 3.66. The van der Waals surface area contributed by atoms with Gasteiger partial charge in [0.15, 0.2) is 16.3 Å². The number of aromatic nitrogens is 1. The summed E-state index contributed by atoms with van der Waals surface area (Å²) in [7, 11) is 0.930. The summed E-state index contributed by atoms with van der Waals surface area (Å²) in [5, 5.41) is 0. The predicted octanol–water partition coefficient (Wildman–Crippen LogP) is 4.32. The summed E-state index contributed by atoms with van der Waals surface area (Å²) in [6.07, 6.45) is 0. The minimum absolute atomic E-state index is 0.102. The molecule has 0 N–H and O–H groups in total. The maximum Gasteiger partial charge on any atom is 0.279 e. The quantitative estimate of drug-likeness (QED) is 0.250. The van der Waals surface area contributed by atoms with Crippen molar-refractivity contribution < 1.29 is 27.4 Å². The van der Waals surface area contributed by atoms with Crippen LogP contribution in [0.3, 0.4) is 0 Å². The smallest absolute Gasteiger partial charge is 0.279 e. The molecule has 9 nitrogen and oxygen atoms in total. The first-order valence-corrected chi connectivity index (χ1v) is 14.6. The van der Waals surface area contributed by atoms with Crippen LogP contribution in [0.1, 0.15) is 22.8 Å². The molecule has 4 aromatic rings. The molecule has 0 bridgehead atoms. The molecule has 1 heterocycles. The van der Waals surface area contributed by atoms with Crippen LogP contribution in [-0.2, 0) is 27.8 Å². The molecule has 1 amide bonds. The Hall–Kier alpha value is -3.51. The number of fused-ring (bicyclic) bond motifs is 1. The van der Waals surface area contributed by atoms with Gasteiger partial charge < -0.3 is 18.8 Å². The van der Waals surface area contributed by atoms with E-state index in [1.807, 2.05) is 54.0 Å². The first kappa shape index (κ1) is 28.5. The van der Waals surface area contributed by atoms with Crippen molar-refractivity contribution in [2.75, 3.05) is 34.5 Å². The molecule has 0 saturated carbocycles. The molecule has 0 atom stereocenters. The van der Waals surface area contributed by atoms with E-state index in [9.17, 15) is 13.2 Å². The van der Waals surface area contributed by atoms with Crippen molar-refractivity contribution in [3.63, 3.8) is 0 Å². The van der Waals surface area contributed by atoms with Crippen LogP contribution in [0.5, 0.6) is 11.5 Å². The van der Waals surface area contributed by atoms with Gasteiger partial charge in [0.05, 0.1) is 35.9 Å². The maximum absolute atomic E-state index is 13.1. The Labute approximate surface area is 231 Å². The lowest BCUT2D eigenvalue weighted by molar-refractivity contribution is 0.0996. The number of hydrogen-bond acceptors (Lipinski definition) is 7. The first-order valence-electron chi connectivity index (χ1n) is 12.3. The molecule has 0 unspecified atom stereocenters. The van der Waals surface area contributed by atoms with Gasteiger partial charge in [0.2, 0.25) is 10.0 Å². The Balaban J connectivity index is 1.64. The van der Waals surface area contributed by atoms with E-state index in [2.05, 4.69) is 4.99 Å². The summed E-state index contributed by atoms with van der Waals surface area (Å²) in [6, 6.07) is 18.9. The van der Waals surface area contributed by atoms with Gasteiger partial charge in [0.25, 0.3) is 5.91 Å². The second kappa shape index (κ2) is 12.6. The lowest BCUT2D eigenvalue weighted by atomic mass is 10.2. The zero-order chi connectivity index (χ0) is 28.0. The topological polar surface area (TPSA) is 99.4 Å². The van der Waals surface area contributed by atoms with Crippen molar-refractivity contribution in [3.8, 4) is 11.5 Å². The fourth-order valence-electron chi connectivity index (χ4n) is 4.02. The van der Waals surface area contributed by atoms with Crippen molar-refractivity contribution in [3.05, 3.63) is 82.7 Å². The number of carbonyl (C=O) groups is 1. The van der Waals surface area contributed by atoms with E-state index in [0.29, 0.717) is 36.1 Å². The van der Waals surface area contributed by atoms with E-state index in [0.717, 1.165) is 15.8 Å². The Morgan fingerprint density at radius 3 is 2.31 bits per heavy atom. The monoisotopic (exact) mass is 569 g/mol. The third kappa shape index (κ3) is 6.39. The Bertz CT molecular complexity index is 1610. The molecule has 1 aromatic heterocycles. The summed E-state index contributed by atoms with van der Waals surface area (Å²) >= 11 is 1.35. The van der Waals surface area contributed by atoms with E-state index >= 15 is 0 Å². The Morgan fingerprint density at radius 2 is 1.67 bits per heavy atom. The molecule has 0 aliphatic rings. The van der Waals surface area contributed by atoms with Gasteiger partial charge >= 0.3 is 0 Å². The van der Waals surface area contributed by atoms with Crippen LogP contribution < -0.4 is 14.3 Å². The highest BCUT2D eigenvalue weighted by Gasteiger charge is 2.21. The van der Waals surface area contributed by atoms with E-state index < -0.39 is 15.9 Å². The molecule has 0 spiro atoms. The van der Waals surface area contributed by atoms with Crippen molar-refractivity contribution >= 4 is 37.5 Å². The first-order chi connectivity index (χ1) is 18.8. The highest BCUT2D eigenvalue weighted by molar-refractivity contribution is 7.89.